The molecule has 6 heteroatoms. The molecule has 1 aliphatic carbocycles. The average Bonchev–Trinajstić information content (AvgIpc) is 3.38. The van der Waals surface area contributed by atoms with Crippen LogP contribution in [-0.2, 0) is 11.2 Å². The number of benzene rings is 3. The van der Waals surface area contributed by atoms with Gasteiger partial charge in [-0.3, -0.25) is 0 Å². The van der Waals surface area contributed by atoms with E-state index in [0.29, 0.717) is 17.6 Å². The van der Waals surface area contributed by atoms with E-state index in [4.69, 9.17) is 14.1 Å². The zero-order valence-corrected chi connectivity index (χ0v) is 24.0. The number of rotatable bonds is 9. The molecule has 1 aliphatic rings. The van der Waals surface area contributed by atoms with E-state index in [2.05, 4.69) is 37.3 Å². The van der Waals surface area contributed by atoms with Crippen LogP contribution in [0.5, 0.6) is 5.75 Å². The van der Waals surface area contributed by atoms with Crippen molar-refractivity contribution in [1.82, 2.24) is 4.98 Å². The van der Waals surface area contributed by atoms with Crippen molar-refractivity contribution < 1.29 is 48.6 Å². The molecule has 0 saturated heterocycles. The number of carboxylic acid groups (broad SMARTS) is 1. The monoisotopic (exact) mass is 515 g/mol. The van der Waals surface area contributed by atoms with Gasteiger partial charge in [0.1, 0.15) is 18.1 Å². The molecule has 0 amide bonds. The van der Waals surface area contributed by atoms with Crippen molar-refractivity contribution in [2.45, 2.75) is 39.0 Å². The first kappa shape index (κ1) is 27.9. The number of oxazole rings is 1. The van der Waals surface area contributed by atoms with Crippen LogP contribution in [0.4, 0.5) is 0 Å². The molecule has 3 aromatic carbocycles. The van der Waals surface area contributed by atoms with Gasteiger partial charge in [0, 0.05) is 16.7 Å². The van der Waals surface area contributed by atoms with Crippen molar-refractivity contribution in [2.75, 3.05) is 6.61 Å². The van der Waals surface area contributed by atoms with Crippen LogP contribution in [0.25, 0.3) is 28.2 Å². The molecule has 0 saturated carbocycles. The van der Waals surface area contributed by atoms with Crippen molar-refractivity contribution >= 4 is 11.5 Å². The van der Waals surface area contributed by atoms with Gasteiger partial charge in [0.25, 0.3) is 0 Å². The second-order valence-electron chi connectivity index (χ2n) is 9.50. The van der Waals surface area contributed by atoms with Gasteiger partial charge in [0.15, 0.2) is 5.76 Å². The standard InChI is InChI=1S/C32H31NO4.Na/c1-22-16-19-27(36-21-29(34)35)20-26(22)18-17-23-10-8-9-15-28(23)32-33-30(24-11-4-2-5-12-24)31(37-32)25-13-6-3-7-14-25;/h2-7,11-16,19-20,23H,8-10,17-18,21H2,1H3,(H,34,35);/q;+1/p-1. The summed E-state index contributed by atoms with van der Waals surface area (Å²) in [7, 11) is 0. The Balaban J connectivity index is 0.00000336. The van der Waals surface area contributed by atoms with Gasteiger partial charge in [-0.2, -0.15) is 0 Å². The summed E-state index contributed by atoms with van der Waals surface area (Å²) in [6, 6.07) is 26.1. The normalized spacial score (nSPS) is 14.9. The second-order valence-corrected chi connectivity index (χ2v) is 9.50. The van der Waals surface area contributed by atoms with E-state index in [1.54, 1.807) is 6.07 Å². The number of hydrogen-bond acceptors (Lipinski definition) is 5. The molecule has 5 nitrogen and oxygen atoms in total. The van der Waals surface area contributed by atoms with Crippen LogP contribution < -0.4 is 39.4 Å². The van der Waals surface area contributed by atoms with Crippen LogP contribution in [-0.4, -0.2) is 17.6 Å². The smallest absolute Gasteiger partial charge is 0.546 e. The quantitative estimate of drug-likeness (QED) is 0.320. The molecule has 5 rings (SSSR count). The van der Waals surface area contributed by atoms with Crippen molar-refractivity contribution in [3.8, 4) is 28.3 Å². The number of hydrogen-bond donors (Lipinski definition) is 0. The Kier molecular flexibility index (Phi) is 9.62. The van der Waals surface area contributed by atoms with Crippen LogP contribution in [0.1, 0.15) is 42.7 Å². The molecule has 0 fully saturated rings. The van der Waals surface area contributed by atoms with Crippen LogP contribution >= 0.6 is 0 Å². The molecule has 0 aliphatic heterocycles. The largest absolute Gasteiger partial charge is 1.00 e. The SMILES string of the molecule is Cc1ccc(OCC(=O)[O-])cc1CCC1CCCC=C1c1nc(-c2ccccc2)c(-c2ccccc2)o1.[Na+]. The molecule has 1 unspecified atom stereocenters. The maximum Gasteiger partial charge on any atom is 1.00 e. The molecule has 0 N–H and O–H groups in total. The number of nitrogens with zero attached hydrogens (tertiary/aromatic N) is 1. The number of carbonyl (C=O) groups is 1. The number of aromatic nitrogens is 1. The summed E-state index contributed by atoms with van der Waals surface area (Å²) < 4.78 is 11.9. The maximum absolute atomic E-state index is 10.8. The van der Waals surface area contributed by atoms with Crippen LogP contribution in [0.2, 0.25) is 0 Å². The fourth-order valence-electron chi connectivity index (χ4n) is 5.01. The van der Waals surface area contributed by atoms with Gasteiger partial charge >= 0.3 is 29.6 Å². The minimum absolute atomic E-state index is 0. The molecule has 38 heavy (non-hydrogen) atoms. The van der Waals surface area contributed by atoms with E-state index in [9.17, 15) is 9.90 Å². The third kappa shape index (κ3) is 6.65. The first-order chi connectivity index (χ1) is 18.1. The predicted molar refractivity (Wildman–Crippen MR) is 143 cm³/mol. The van der Waals surface area contributed by atoms with Crippen molar-refractivity contribution in [3.63, 3.8) is 0 Å². The maximum atomic E-state index is 10.8. The van der Waals surface area contributed by atoms with Gasteiger partial charge < -0.3 is 19.1 Å². The van der Waals surface area contributed by atoms with Crippen LogP contribution in [0.15, 0.2) is 89.4 Å². The van der Waals surface area contributed by atoms with Crippen LogP contribution in [0, 0.1) is 12.8 Å². The summed E-state index contributed by atoms with van der Waals surface area (Å²) in [6.45, 7) is 1.62. The molecule has 4 aromatic rings. The van der Waals surface area contributed by atoms with E-state index in [1.165, 1.54) is 5.57 Å². The van der Waals surface area contributed by atoms with Gasteiger partial charge in [-0.1, -0.05) is 72.8 Å². The first-order valence-corrected chi connectivity index (χ1v) is 12.8. The Bertz CT molecular complexity index is 1340. The molecule has 0 spiro atoms. The minimum atomic E-state index is -1.23. The Hall–Kier alpha value is -3.12. The van der Waals surface area contributed by atoms with Crippen LogP contribution in [0.3, 0.4) is 0 Å². The number of allylic oxidation sites excluding steroid dienone is 2. The second kappa shape index (κ2) is 13.1. The first-order valence-electron chi connectivity index (χ1n) is 12.8. The Morgan fingerprint density at radius 3 is 2.45 bits per heavy atom. The van der Waals surface area contributed by atoms with Gasteiger partial charge in [-0.05, 0) is 68.2 Å². The molecule has 188 valence electrons. The van der Waals surface area contributed by atoms with Gasteiger partial charge in [0.05, 0.1) is 5.97 Å². The van der Waals surface area contributed by atoms with Gasteiger partial charge in [-0.15, -0.1) is 0 Å². The number of carbonyl (C=O) groups excluding carboxylic acids is 1. The van der Waals surface area contributed by atoms with Gasteiger partial charge in [0.2, 0.25) is 5.89 Å². The molecular weight excluding hydrogens is 485 g/mol. The summed E-state index contributed by atoms with van der Waals surface area (Å²) in [5, 5.41) is 10.8. The molecule has 1 atom stereocenters. The molecular formula is C32H30NNaO4. The van der Waals surface area contributed by atoms with E-state index < -0.39 is 12.6 Å². The van der Waals surface area contributed by atoms with E-state index in [0.717, 1.165) is 65.8 Å². The molecule has 0 bridgehead atoms. The van der Waals surface area contributed by atoms with Gasteiger partial charge in [-0.25, -0.2) is 4.98 Å². The summed E-state index contributed by atoms with van der Waals surface area (Å²) >= 11 is 0. The fraction of sp³-hybridized carbons (Fsp3) is 0.250. The van der Waals surface area contributed by atoms with E-state index in [-0.39, 0.29) is 29.6 Å². The predicted octanol–water partition coefficient (Wildman–Crippen LogP) is 3.27. The topological polar surface area (TPSA) is 75.4 Å². The number of aliphatic carboxylic acids is 1. The number of carboxylic acids is 1. The summed E-state index contributed by atoms with van der Waals surface area (Å²) in [5.41, 5.74) is 6.40. The number of ether oxygens (including phenoxy) is 1. The molecule has 1 heterocycles. The Labute approximate surface area is 245 Å². The van der Waals surface area contributed by atoms with Crippen molar-refractivity contribution in [1.29, 1.82) is 0 Å². The third-order valence-corrected chi connectivity index (χ3v) is 6.96. The summed E-state index contributed by atoms with van der Waals surface area (Å²) in [5.74, 6) is 1.14. The zero-order chi connectivity index (χ0) is 25.6. The molecule has 1 aromatic heterocycles. The molecule has 0 radical (unpaired) electrons. The fourth-order valence-corrected chi connectivity index (χ4v) is 5.01. The summed E-state index contributed by atoms with van der Waals surface area (Å²) in [4.78, 5) is 15.8. The van der Waals surface area contributed by atoms with Crippen molar-refractivity contribution in [3.05, 3.63) is 102 Å². The Morgan fingerprint density at radius 2 is 1.74 bits per heavy atom. The zero-order valence-electron chi connectivity index (χ0n) is 22.0. The minimum Gasteiger partial charge on any atom is -0.546 e. The Morgan fingerprint density at radius 1 is 1.03 bits per heavy atom. The summed E-state index contributed by atoms with van der Waals surface area (Å²) in [6.07, 6.45) is 7.32. The average molecular weight is 516 g/mol. The number of aryl methyl sites for hydroxylation is 2. The van der Waals surface area contributed by atoms with E-state index in [1.807, 2.05) is 48.5 Å². The van der Waals surface area contributed by atoms with E-state index >= 15 is 0 Å². The van der Waals surface area contributed by atoms with Crippen molar-refractivity contribution in [2.24, 2.45) is 5.92 Å². The third-order valence-electron chi connectivity index (χ3n) is 6.96.